The van der Waals surface area contributed by atoms with Gasteiger partial charge in [0.1, 0.15) is 5.75 Å². The number of benzene rings is 2. The summed E-state index contributed by atoms with van der Waals surface area (Å²) in [6.07, 6.45) is 1.65. The average Bonchev–Trinajstić information content (AvgIpc) is 2.38. The van der Waals surface area contributed by atoms with Crippen LogP contribution < -0.4 is 4.74 Å². The van der Waals surface area contributed by atoms with Crippen LogP contribution in [0.2, 0.25) is 0 Å². The second-order valence-corrected chi connectivity index (χ2v) is 5.10. The van der Waals surface area contributed by atoms with Crippen molar-refractivity contribution in [2.75, 3.05) is 6.26 Å². The highest BCUT2D eigenvalue weighted by Crippen LogP contribution is 2.25. The van der Waals surface area contributed by atoms with Gasteiger partial charge in [-0.05, 0) is 23.3 Å². The zero-order valence-corrected chi connectivity index (χ0v) is 10.4. The van der Waals surface area contributed by atoms with Crippen LogP contribution in [-0.4, -0.2) is 10.8 Å². The molecule has 0 saturated carbocycles. The normalized spacial score (nSPS) is 14.0. The Morgan fingerprint density at radius 3 is 2.00 bits per heavy atom. The smallest absolute Gasteiger partial charge is 0.280 e. The molecule has 2 unspecified atom stereocenters. The van der Waals surface area contributed by atoms with Crippen LogP contribution in [0.4, 0.5) is 0 Å². The van der Waals surface area contributed by atoms with Crippen molar-refractivity contribution in [3.63, 3.8) is 0 Å². The van der Waals surface area contributed by atoms with Crippen LogP contribution in [0, 0.1) is 0 Å². The first-order valence-corrected chi connectivity index (χ1v) is 6.98. The van der Waals surface area contributed by atoms with E-state index >= 15 is 0 Å². The first-order chi connectivity index (χ1) is 8.27. The fourth-order valence-electron chi connectivity index (χ4n) is 1.56. The van der Waals surface area contributed by atoms with Crippen LogP contribution in [0.15, 0.2) is 60.7 Å². The third kappa shape index (κ3) is 3.25. The van der Waals surface area contributed by atoms with Crippen LogP contribution in [0.3, 0.4) is 0 Å². The van der Waals surface area contributed by atoms with Gasteiger partial charge in [0, 0.05) is 5.56 Å². The zero-order valence-electron chi connectivity index (χ0n) is 9.58. The Kier molecular flexibility index (Phi) is 4.07. The molecule has 2 rings (SSSR count). The van der Waals surface area contributed by atoms with Gasteiger partial charge in [-0.25, -0.2) is 0 Å². The summed E-state index contributed by atoms with van der Waals surface area (Å²) in [5, 5.41) is 0. The van der Waals surface area contributed by atoms with Gasteiger partial charge in [0.25, 0.3) is 5.44 Å². The SMILES string of the molecule is C[S+]([O-])C(Oc1ccccc1)c1ccccc1. The maximum absolute atomic E-state index is 11.7. The lowest BCUT2D eigenvalue weighted by molar-refractivity contribution is 0.280. The molecule has 2 aromatic carbocycles. The molecule has 88 valence electrons. The van der Waals surface area contributed by atoms with Crippen molar-refractivity contribution in [2.45, 2.75) is 5.44 Å². The van der Waals surface area contributed by atoms with Gasteiger partial charge in [-0.15, -0.1) is 0 Å². The summed E-state index contributed by atoms with van der Waals surface area (Å²) in [6, 6.07) is 19.1. The minimum atomic E-state index is -1.08. The van der Waals surface area contributed by atoms with Gasteiger partial charge in [0.2, 0.25) is 0 Å². The van der Waals surface area contributed by atoms with Crippen molar-refractivity contribution in [3.8, 4) is 5.75 Å². The van der Waals surface area contributed by atoms with Gasteiger partial charge >= 0.3 is 0 Å². The standard InChI is InChI=1S/C14H14O2S/c1-17(15)14(12-8-4-2-5-9-12)16-13-10-6-3-7-11-13/h2-11,14H,1H3. The van der Waals surface area contributed by atoms with E-state index in [1.54, 1.807) is 6.26 Å². The highest BCUT2D eigenvalue weighted by atomic mass is 32.2. The molecule has 0 heterocycles. The monoisotopic (exact) mass is 246 g/mol. The Bertz CT molecular complexity index is 442. The Labute approximate surface area is 104 Å². The molecule has 0 saturated heterocycles. The molecule has 17 heavy (non-hydrogen) atoms. The number of ether oxygens (including phenoxy) is 1. The van der Waals surface area contributed by atoms with Gasteiger partial charge in [-0.1, -0.05) is 48.5 Å². The molecule has 0 radical (unpaired) electrons. The largest absolute Gasteiger partial charge is 0.613 e. The average molecular weight is 246 g/mol. The lowest BCUT2D eigenvalue weighted by atomic mass is 10.2. The molecule has 0 N–H and O–H groups in total. The Morgan fingerprint density at radius 1 is 0.941 bits per heavy atom. The van der Waals surface area contributed by atoms with E-state index in [1.165, 1.54) is 0 Å². The molecule has 3 heteroatoms. The molecule has 2 atom stereocenters. The first-order valence-electron chi connectivity index (χ1n) is 5.36. The highest BCUT2D eigenvalue weighted by molar-refractivity contribution is 7.90. The predicted molar refractivity (Wildman–Crippen MR) is 70.3 cm³/mol. The Balaban J connectivity index is 2.20. The number of para-hydroxylation sites is 1. The molecular formula is C14H14O2S. The fraction of sp³-hybridized carbons (Fsp3) is 0.143. The summed E-state index contributed by atoms with van der Waals surface area (Å²) in [6.45, 7) is 0. The van der Waals surface area contributed by atoms with Crippen molar-refractivity contribution >= 4 is 11.2 Å². The zero-order chi connectivity index (χ0) is 12.1. The van der Waals surface area contributed by atoms with E-state index in [4.69, 9.17) is 4.74 Å². The number of hydrogen-bond acceptors (Lipinski definition) is 2. The second kappa shape index (κ2) is 5.75. The third-order valence-electron chi connectivity index (χ3n) is 2.36. The molecule has 2 aromatic rings. The van der Waals surface area contributed by atoms with E-state index in [0.29, 0.717) is 0 Å². The quantitative estimate of drug-likeness (QED) is 0.776. The molecule has 0 aliphatic rings. The molecule has 0 aliphatic heterocycles. The topological polar surface area (TPSA) is 32.3 Å². The van der Waals surface area contributed by atoms with E-state index in [0.717, 1.165) is 11.3 Å². The summed E-state index contributed by atoms with van der Waals surface area (Å²) in [5.41, 5.74) is 0.510. The van der Waals surface area contributed by atoms with E-state index in [1.807, 2.05) is 60.7 Å². The van der Waals surface area contributed by atoms with Crippen molar-refractivity contribution < 1.29 is 9.29 Å². The van der Waals surface area contributed by atoms with Gasteiger partial charge in [-0.2, -0.15) is 0 Å². The van der Waals surface area contributed by atoms with Crippen molar-refractivity contribution in [1.29, 1.82) is 0 Å². The molecule has 0 fully saturated rings. The molecule has 0 aromatic heterocycles. The predicted octanol–water partition coefficient (Wildman–Crippen LogP) is 3.14. The Morgan fingerprint density at radius 2 is 1.47 bits per heavy atom. The molecule has 0 spiro atoms. The minimum Gasteiger partial charge on any atom is -0.613 e. The van der Waals surface area contributed by atoms with Crippen LogP contribution in [0.25, 0.3) is 0 Å². The molecule has 2 nitrogen and oxygen atoms in total. The summed E-state index contributed by atoms with van der Waals surface area (Å²) < 4.78 is 17.5. The fourth-order valence-corrected chi connectivity index (χ4v) is 2.35. The molecular weight excluding hydrogens is 232 g/mol. The van der Waals surface area contributed by atoms with E-state index in [2.05, 4.69) is 0 Å². The highest BCUT2D eigenvalue weighted by Gasteiger charge is 2.22. The lowest BCUT2D eigenvalue weighted by Gasteiger charge is -2.20. The molecule has 0 bridgehead atoms. The van der Waals surface area contributed by atoms with E-state index < -0.39 is 16.6 Å². The van der Waals surface area contributed by atoms with Crippen LogP contribution in [0.1, 0.15) is 11.0 Å². The van der Waals surface area contributed by atoms with E-state index in [-0.39, 0.29) is 0 Å². The van der Waals surface area contributed by atoms with Crippen LogP contribution in [-0.2, 0) is 11.2 Å². The van der Waals surface area contributed by atoms with Crippen LogP contribution >= 0.6 is 0 Å². The summed E-state index contributed by atoms with van der Waals surface area (Å²) in [5.74, 6) is 0.733. The molecule has 0 amide bonds. The Hall–Kier alpha value is -1.45. The maximum atomic E-state index is 11.7. The van der Waals surface area contributed by atoms with Crippen molar-refractivity contribution in [3.05, 3.63) is 66.2 Å². The minimum absolute atomic E-state index is 0.418. The summed E-state index contributed by atoms with van der Waals surface area (Å²) >= 11 is -1.08. The van der Waals surface area contributed by atoms with Gasteiger partial charge in [-0.3, -0.25) is 0 Å². The maximum Gasteiger partial charge on any atom is 0.280 e. The lowest BCUT2D eigenvalue weighted by Crippen LogP contribution is -2.17. The second-order valence-electron chi connectivity index (χ2n) is 3.67. The third-order valence-corrected chi connectivity index (χ3v) is 3.33. The van der Waals surface area contributed by atoms with E-state index in [9.17, 15) is 4.55 Å². The number of rotatable bonds is 4. The van der Waals surface area contributed by atoms with Crippen molar-refractivity contribution in [2.24, 2.45) is 0 Å². The summed E-state index contributed by atoms with van der Waals surface area (Å²) in [4.78, 5) is 0. The molecule has 0 aliphatic carbocycles. The van der Waals surface area contributed by atoms with Crippen LogP contribution in [0.5, 0.6) is 5.75 Å². The van der Waals surface area contributed by atoms with Gasteiger partial charge in [0.15, 0.2) is 0 Å². The number of hydrogen-bond donors (Lipinski definition) is 0. The van der Waals surface area contributed by atoms with Gasteiger partial charge in [0.05, 0.1) is 6.26 Å². The summed E-state index contributed by atoms with van der Waals surface area (Å²) in [7, 11) is 0. The first kappa shape index (κ1) is 12.0. The van der Waals surface area contributed by atoms with Gasteiger partial charge < -0.3 is 9.29 Å². The van der Waals surface area contributed by atoms with Crippen molar-refractivity contribution in [1.82, 2.24) is 0 Å².